The van der Waals surface area contributed by atoms with E-state index in [4.69, 9.17) is 23.2 Å². The summed E-state index contributed by atoms with van der Waals surface area (Å²) >= 11 is 13.5. The highest BCUT2D eigenvalue weighted by Crippen LogP contribution is 2.33. The van der Waals surface area contributed by atoms with Crippen LogP contribution >= 0.6 is 46.3 Å². The Labute approximate surface area is 131 Å². The van der Waals surface area contributed by atoms with Gasteiger partial charge in [0.15, 0.2) is 8.68 Å². The molecule has 0 amide bonds. The lowest BCUT2D eigenvalue weighted by Crippen LogP contribution is -2.12. The van der Waals surface area contributed by atoms with Crippen LogP contribution in [0.3, 0.4) is 0 Å². The van der Waals surface area contributed by atoms with Gasteiger partial charge in [0.2, 0.25) is 0 Å². The lowest BCUT2D eigenvalue weighted by molar-refractivity contribution is 0.603. The number of benzene rings is 1. The maximum absolute atomic E-state index is 12.2. The molecule has 0 radical (unpaired) electrons. The van der Waals surface area contributed by atoms with Crippen molar-refractivity contribution in [1.29, 1.82) is 0 Å². The molecule has 0 saturated carbocycles. The molecule has 104 valence electrons. The molecule has 0 aliphatic heterocycles. The van der Waals surface area contributed by atoms with E-state index >= 15 is 0 Å². The summed E-state index contributed by atoms with van der Waals surface area (Å²) in [5, 5.41) is 0.240. The molecule has 0 fully saturated rings. The van der Waals surface area contributed by atoms with E-state index in [1.165, 1.54) is 6.20 Å². The van der Waals surface area contributed by atoms with Crippen LogP contribution in [0, 0.1) is 0 Å². The van der Waals surface area contributed by atoms with Gasteiger partial charge in [0, 0.05) is 0 Å². The second kappa shape index (κ2) is 5.08. The van der Waals surface area contributed by atoms with Gasteiger partial charge in [-0.3, -0.25) is 4.72 Å². The summed E-state index contributed by atoms with van der Waals surface area (Å²) in [5.41, 5.74) is 1.17. The summed E-state index contributed by atoms with van der Waals surface area (Å²) < 4.78 is 35.1. The number of aromatic nitrogens is 3. The van der Waals surface area contributed by atoms with Crippen molar-refractivity contribution in [3.05, 3.63) is 27.8 Å². The Balaban J connectivity index is 2.09. The van der Waals surface area contributed by atoms with E-state index in [9.17, 15) is 8.42 Å². The second-order valence-corrected chi connectivity index (χ2v) is 8.05. The van der Waals surface area contributed by atoms with Gasteiger partial charge < -0.3 is 0 Å². The molecule has 0 aliphatic carbocycles. The molecule has 3 aromatic rings. The maximum Gasteiger partial charge on any atom is 0.273 e. The van der Waals surface area contributed by atoms with Crippen molar-refractivity contribution in [1.82, 2.24) is 13.7 Å². The first-order valence-corrected chi connectivity index (χ1v) is 8.81. The van der Waals surface area contributed by atoms with E-state index in [0.29, 0.717) is 11.0 Å². The van der Waals surface area contributed by atoms with Crippen LogP contribution in [-0.2, 0) is 10.0 Å². The van der Waals surface area contributed by atoms with E-state index in [1.54, 1.807) is 12.1 Å². The average Bonchev–Trinajstić information content (AvgIpc) is 3.01. The molecule has 3 rings (SSSR count). The highest BCUT2D eigenvalue weighted by molar-refractivity contribution is 7.94. The van der Waals surface area contributed by atoms with Crippen LogP contribution in [0.2, 0.25) is 9.49 Å². The summed E-state index contributed by atoms with van der Waals surface area (Å²) in [6.07, 6.45) is 1.18. The number of hydrogen-bond acceptors (Lipinski definition) is 7. The lowest BCUT2D eigenvalue weighted by Gasteiger charge is -2.07. The monoisotopic (exact) mass is 366 g/mol. The predicted molar refractivity (Wildman–Crippen MR) is 80.4 cm³/mol. The number of rotatable bonds is 3. The predicted octanol–water partition coefficient (Wildman–Crippen LogP) is 3.26. The number of thiazole rings is 1. The standard InChI is InChI=1S/C9H4Cl2N4O2S3/c10-4-1-2-5-8(14-19-13-5)7(4)15-20(16,17)6-3-12-9(11)18-6/h1-3,15H. The van der Waals surface area contributed by atoms with Gasteiger partial charge in [-0.05, 0) is 12.1 Å². The van der Waals surface area contributed by atoms with Crippen molar-refractivity contribution < 1.29 is 8.42 Å². The normalized spacial score (nSPS) is 11.9. The van der Waals surface area contributed by atoms with E-state index in [-0.39, 0.29) is 19.4 Å². The van der Waals surface area contributed by atoms with Crippen molar-refractivity contribution in [3.8, 4) is 0 Å². The number of nitrogens with zero attached hydrogens (tertiary/aromatic N) is 3. The van der Waals surface area contributed by atoms with Gasteiger partial charge >= 0.3 is 0 Å². The van der Waals surface area contributed by atoms with Crippen molar-refractivity contribution in [2.45, 2.75) is 4.21 Å². The van der Waals surface area contributed by atoms with Crippen LogP contribution in [0.1, 0.15) is 0 Å². The molecule has 2 aromatic heterocycles. The molecule has 0 aliphatic rings. The molecular weight excluding hydrogens is 363 g/mol. The Morgan fingerprint density at radius 1 is 1.20 bits per heavy atom. The number of nitrogens with one attached hydrogen (secondary N) is 1. The maximum atomic E-state index is 12.2. The minimum absolute atomic E-state index is 0.00115. The highest BCUT2D eigenvalue weighted by Gasteiger charge is 2.21. The Morgan fingerprint density at radius 2 is 2.00 bits per heavy atom. The van der Waals surface area contributed by atoms with Crippen LogP contribution in [-0.4, -0.2) is 22.1 Å². The van der Waals surface area contributed by atoms with Crippen LogP contribution in [0.5, 0.6) is 0 Å². The van der Waals surface area contributed by atoms with Crippen molar-refractivity contribution >= 4 is 73.0 Å². The van der Waals surface area contributed by atoms with Gasteiger partial charge in [0.25, 0.3) is 10.0 Å². The minimum Gasteiger partial charge on any atom is -0.275 e. The number of halogens is 2. The summed E-state index contributed by atoms with van der Waals surface area (Å²) in [6.45, 7) is 0. The molecule has 20 heavy (non-hydrogen) atoms. The zero-order valence-corrected chi connectivity index (χ0v) is 13.3. The average molecular weight is 367 g/mol. The van der Waals surface area contributed by atoms with Gasteiger partial charge in [-0.2, -0.15) is 8.75 Å². The first kappa shape index (κ1) is 14.0. The molecule has 2 heterocycles. The smallest absolute Gasteiger partial charge is 0.273 e. The fraction of sp³-hybridized carbons (Fsp3) is 0. The fourth-order valence-electron chi connectivity index (χ4n) is 1.47. The fourth-order valence-corrected chi connectivity index (χ4v) is 4.65. The van der Waals surface area contributed by atoms with E-state index in [0.717, 1.165) is 23.1 Å². The number of sulfonamides is 1. The molecule has 11 heteroatoms. The largest absolute Gasteiger partial charge is 0.275 e. The summed E-state index contributed by atoms with van der Waals surface area (Å²) in [7, 11) is -3.81. The van der Waals surface area contributed by atoms with Gasteiger partial charge in [-0.1, -0.05) is 34.5 Å². The highest BCUT2D eigenvalue weighted by atomic mass is 35.5. The second-order valence-electron chi connectivity index (χ2n) is 3.59. The SMILES string of the molecule is O=S(=O)(Nc1c(Cl)ccc2nsnc12)c1cnc(Cl)s1. The summed E-state index contributed by atoms with van der Waals surface area (Å²) in [6, 6.07) is 3.23. The molecule has 0 saturated heterocycles. The van der Waals surface area contributed by atoms with Crippen LogP contribution in [0.25, 0.3) is 11.0 Å². The number of fused-ring (bicyclic) bond motifs is 1. The third kappa shape index (κ3) is 2.47. The zero-order chi connectivity index (χ0) is 14.3. The van der Waals surface area contributed by atoms with E-state index in [2.05, 4.69) is 18.5 Å². The third-order valence-electron chi connectivity index (χ3n) is 2.33. The topological polar surface area (TPSA) is 84.8 Å². The van der Waals surface area contributed by atoms with E-state index < -0.39 is 10.0 Å². The van der Waals surface area contributed by atoms with Crippen molar-refractivity contribution in [2.75, 3.05) is 4.72 Å². The van der Waals surface area contributed by atoms with Gasteiger partial charge in [0.05, 0.1) is 28.6 Å². The molecule has 1 aromatic carbocycles. The first-order valence-electron chi connectivity index (χ1n) is 5.02. The zero-order valence-electron chi connectivity index (χ0n) is 9.37. The van der Waals surface area contributed by atoms with Gasteiger partial charge in [-0.25, -0.2) is 13.4 Å². The third-order valence-corrected chi connectivity index (χ3v) is 6.12. The Kier molecular flexibility index (Phi) is 3.55. The molecular formula is C9H4Cl2N4O2S3. The Bertz CT molecular complexity index is 890. The van der Waals surface area contributed by atoms with Gasteiger partial charge in [-0.15, -0.1) is 0 Å². The molecule has 0 bridgehead atoms. The Hall–Kier alpha value is -1.00. The van der Waals surface area contributed by atoms with Gasteiger partial charge in [0.1, 0.15) is 11.0 Å². The molecule has 1 N–H and O–H groups in total. The number of hydrogen-bond donors (Lipinski definition) is 1. The molecule has 0 spiro atoms. The minimum atomic E-state index is -3.81. The van der Waals surface area contributed by atoms with Crippen LogP contribution in [0.15, 0.2) is 22.5 Å². The summed E-state index contributed by atoms with van der Waals surface area (Å²) in [5.74, 6) is 0. The van der Waals surface area contributed by atoms with Crippen molar-refractivity contribution in [2.24, 2.45) is 0 Å². The van der Waals surface area contributed by atoms with Crippen LogP contribution in [0.4, 0.5) is 5.69 Å². The molecule has 0 atom stereocenters. The first-order chi connectivity index (χ1) is 9.47. The van der Waals surface area contributed by atoms with E-state index in [1.807, 2.05) is 0 Å². The molecule has 6 nitrogen and oxygen atoms in total. The Morgan fingerprint density at radius 3 is 2.70 bits per heavy atom. The quantitative estimate of drug-likeness (QED) is 0.768. The lowest BCUT2D eigenvalue weighted by atomic mass is 10.3. The van der Waals surface area contributed by atoms with Crippen molar-refractivity contribution in [3.63, 3.8) is 0 Å². The summed E-state index contributed by atoms with van der Waals surface area (Å²) in [4.78, 5) is 3.71. The van der Waals surface area contributed by atoms with Crippen LogP contribution < -0.4 is 4.72 Å². The molecule has 0 unspecified atom stereocenters. The number of anilines is 1.